The molecule has 0 N–H and O–H groups in total. The smallest absolute Gasteiger partial charge is 0.372 e. The minimum Gasteiger partial charge on any atom is -0.372 e. The van der Waals surface area contributed by atoms with Crippen molar-refractivity contribution in [2.24, 2.45) is 0 Å². The molecule has 0 aliphatic carbocycles. The van der Waals surface area contributed by atoms with E-state index in [1.54, 1.807) is 12.1 Å². The predicted octanol–water partition coefficient (Wildman–Crippen LogP) is 3.65. The lowest BCUT2D eigenvalue weighted by Crippen LogP contribution is -2.21. The molecule has 76 valence electrons. The molecule has 0 saturated heterocycles. The number of diazo groups is 1. The number of benzene rings is 1. The first-order valence-electron chi connectivity index (χ1n) is 4.52. The molecule has 3 heteroatoms. The summed E-state index contributed by atoms with van der Waals surface area (Å²) in [5, 5.41) is 8.49. The lowest BCUT2D eigenvalue weighted by Gasteiger charge is -2.20. The second-order valence-corrected chi connectivity index (χ2v) is 2.79. The zero-order valence-electron chi connectivity index (χ0n) is 8.07. The molecule has 0 saturated carbocycles. The van der Waals surface area contributed by atoms with Crippen molar-refractivity contribution in [3.63, 3.8) is 0 Å². The minimum atomic E-state index is 0. The van der Waals surface area contributed by atoms with E-state index in [9.17, 15) is 0 Å². The normalized spacial score (nSPS) is 8.64. The Morgan fingerprint density at radius 3 is 2.00 bits per heavy atom. The molecule has 0 amide bonds. The SMILES string of the molecule is C.CCN(CC)c1ccc([N+]#N)cc1. The Morgan fingerprint density at radius 2 is 1.64 bits per heavy atom. The maximum atomic E-state index is 8.49. The quantitative estimate of drug-likeness (QED) is 0.684. The van der Waals surface area contributed by atoms with Gasteiger partial charge in [0.05, 0.1) is 0 Å². The number of nitrogens with zero attached hydrogens (tertiary/aromatic N) is 3. The summed E-state index contributed by atoms with van der Waals surface area (Å²) in [6, 6.07) is 7.52. The third kappa shape index (κ3) is 2.74. The summed E-state index contributed by atoms with van der Waals surface area (Å²) < 4.78 is 0. The summed E-state index contributed by atoms with van der Waals surface area (Å²) in [5.41, 5.74) is 1.76. The highest BCUT2D eigenvalue weighted by molar-refractivity contribution is 5.55. The Balaban J connectivity index is 0.00000169. The van der Waals surface area contributed by atoms with Crippen LogP contribution in [-0.4, -0.2) is 13.1 Å². The Hall–Kier alpha value is -1.56. The lowest BCUT2D eigenvalue weighted by molar-refractivity contribution is 0.866. The second kappa shape index (κ2) is 5.98. The molecule has 0 radical (unpaired) electrons. The topological polar surface area (TPSA) is 31.4 Å². The van der Waals surface area contributed by atoms with Gasteiger partial charge in [-0.2, -0.15) is 0 Å². The molecule has 0 aliphatic rings. The molecule has 0 fully saturated rings. The van der Waals surface area contributed by atoms with E-state index in [-0.39, 0.29) is 7.43 Å². The molecular formula is C11H18N3+. The molecule has 3 nitrogen and oxygen atoms in total. The van der Waals surface area contributed by atoms with Crippen LogP contribution in [0.3, 0.4) is 0 Å². The van der Waals surface area contributed by atoms with Gasteiger partial charge in [0.1, 0.15) is 0 Å². The maximum Gasteiger partial charge on any atom is 0.385 e. The number of hydrogen-bond donors (Lipinski definition) is 0. The number of hydrogen-bond acceptors (Lipinski definition) is 2. The molecule has 14 heavy (non-hydrogen) atoms. The molecule has 0 aromatic heterocycles. The molecule has 0 aliphatic heterocycles. The van der Waals surface area contributed by atoms with E-state index in [1.165, 1.54) is 0 Å². The Kier molecular flexibility index (Phi) is 5.31. The van der Waals surface area contributed by atoms with Crippen molar-refractivity contribution in [3.05, 3.63) is 29.2 Å². The summed E-state index contributed by atoms with van der Waals surface area (Å²) in [6.45, 7) is 6.22. The van der Waals surface area contributed by atoms with Gasteiger partial charge < -0.3 is 4.90 Å². The van der Waals surface area contributed by atoms with Gasteiger partial charge in [-0.05, 0) is 26.0 Å². The summed E-state index contributed by atoms with van der Waals surface area (Å²) >= 11 is 0. The fraction of sp³-hybridized carbons (Fsp3) is 0.455. The van der Waals surface area contributed by atoms with Crippen LogP contribution < -0.4 is 4.90 Å². The fourth-order valence-corrected chi connectivity index (χ4v) is 1.32. The first-order chi connectivity index (χ1) is 6.31. The van der Waals surface area contributed by atoms with Crippen molar-refractivity contribution in [2.75, 3.05) is 18.0 Å². The van der Waals surface area contributed by atoms with Crippen LogP contribution in [0.4, 0.5) is 11.4 Å². The van der Waals surface area contributed by atoms with E-state index >= 15 is 0 Å². The van der Waals surface area contributed by atoms with Gasteiger partial charge in [0, 0.05) is 30.9 Å². The van der Waals surface area contributed by atoms with E-state index < -0.39 is 0 Å². The molecule has 0 spiro atoms. The summed E-state index contributed by atoms with van der Waals surface area (Å²) in [5.74, 6) is 0. The van der Waals surface area contributed by atoms with Crippen LogP contribution in [0, 0.1) is 5.39 Å². The van der Waals surface area contributed by atoms with Crippen LogP contribution in [0.5, 0.6) is 0 Å². The second-order valence-electron chi connectivity index (χ2n) is 2.79. The molecular weight excluding hydrogens is 174 g/mol. The van der Waals surface area contributed by atoms with Crippen molar-refractivity contribution >= 4 is 11.4 Å². The van der Waals surface area contributed by atoms with E-state index in [0.717, 1.165) is 18.8 Å². The average molecular weight is 192 g/mol. The summed E-state index contributed by atoms with van der Waals surface area (Å²) in [7, 11) is 0. The van der Waals surface area contributed by atoms with Crippen molar-refractivity contribution in [3.8, 4) is 0 Å². The van der Waals surface area contributed by atoms with Crippen molar-refractivity contribution < 1.29 is 0 Å². The van der Waals surface area contributed by atoms with Gasteiger partial charge in [0.2, 0.25) is 5.39 Å². The van der Waals surface area contributed by atoms with Crippen LogP contribution in [0.2, 0.25) is 0 Å². The number of rotatable bonds is 3. The van der Waals surface area contributed by atoms with Gasteiger partial charge in [0.15, 0.2) is 4.98 Å². The van der Waals surface area contributed by atoms with Crippen LogP contribution in [0.15, 0.2) is 24.3 Å². The standard InChI is InChI=1S/C10H14N3.CH4/c1-3-13(4-2)10-7-5-9(12-11)6-8-10;/h5-8H,3-4H2,1-2H3;1H4/q+1;. The van der Waals surface area contributed by atoms with E-state index in [1.807, 2.05) is 12.1 Å². The Morgan fingerprint density at radius 1 is 1.14 bits per heavy atom. The van der Waals surface area contributed by atoms with Crippen LogP contribution >= 0.6 is 0 Å². The zero-order chi connectivity index (χ0) is 9.68. The summed E-state index contributed by atoms with van der Waals surface area (Å²) in [6.07, 6.45) is 0. The van der Waals surface area contributed by atoms with E-state index in [4.69, 9.17) is 5.39 Å². The average Bonchev–Trinajstić information content (AvgIpc) is 2.21. The molecule has 0 heterocycles. The lowest BCUT2D eigenvalue weighted by atomic mass is 10.2. The van der Waals surface area contributed by atoms with Crippen LogP contribution in [0.1, 0.15) is 21.3 Å². The first kappa shape index (κ1) is 12.4. The monoisotopic (exact) mass is 192 g/mol. The highest BCUT2D eigenvalue weighted by atomic mass is 15.1. The van der Waals surface area contributed by atoms with Crippen molar-refractivity contribution in [1.29, 1.82) is 5.39 Å². The number of anilines is 1. The van der Waals surface area contributed by atoms with Crippen LogP contribution in [0.25, 0.3) is 4.98 Å². The Bertz CT molecular complexity index is 293. The zero-order valence-corrected chi connectivity index (χ0v) is 8.07. The Labute approximate surface area is 86.0 Å². The van der Waals surface area contributed by atoms with Crippen molar-refractivity contribution in [2.45, 2.75) is 21.3 Å². The third-order valence-corrected chi connectivity index (χ3v) is 2.09. The first-order valence-corrected chi connectivity index (χ1v) is 4.52. The molecule has 0 bridgehead atoms. The van der Waals surface area contributed by atoms with E-state index in [0.29, 0.717) is 5.69 Å². The fourth-order valence-electron chi connectivity index (χ4n) is 1.32. The minimum absolute atomic E-state index is 0. The van der Waals surface area contributed by atoms with Crippen LogP contribution in [-0.2, 0) is 0 Å². The molecule has 1 aromatic rings. The summed E-state index contributed by atoms with van der Waals surface area (Å²) in [4.78, 5) is 5.34. The third-order valence-electron chi connectivity index (χ3n) is 2.09. The highest BCUT2D eigenvalue weighted by Gasteiger charge is 2.05. The van der Waals surface area contributed by atoms with Gasteiger partial charge in [-0.1, -0.05) is 7.43 Å². The molecule has 1 rings (SSSR count). The van der Waals surface area contributed by atoms with E-state index in [2.05, 4.69) is 23.7 Å². The largest absolute Gasteiger partial charge is 0.385 e. The van der Waals surface area contributed by atoms with Gasteiger partial charge in [-0.3, -0.25) is 0 Å². The maximum absolute atomic E-state index is 8.49. The highest BCUT2D eigenvalue weighted by Crippen LogP contribution is 2.19. The van der Waals surface area contributed by atoms with Gasteiger partial charge >= 0.3 is 5.69 Å². The van der Waals surface area contributed by atoms with Gasteiger partial charge in [0.25, 0.3) is 0 Å². The molecule has 0 atom stereocenters. The van der Waals surface area contributed by atoms with Gasteiger partial charge in [-0.25, -0.2) is 0 Å². The van der Waals surface area contributed by atoms with Gasteiger partial charge in [-0.15, -0.1) is 0 Å². The predicted molar refractivity (Wildman–Crippen MR) is 61.5 cm³/mol. The molecule has 1 aromatic carbocycles. The van der Waals surface area contributed by atoms with Crippen molar-refractivity contribution in [1.82, 2.24) is 0 Å². The molecule has 0 unspecified atom stereocenters.